The minimum absolute atomic E-state index is 0.168. The molecule has 1 heterocycles. The highest BCUT2D eigenvalue weighted by molar-refractivity contribution is 6.42. The molecule has 2 rings (SSSR count). The Labute approximate surface area is 104 Å². The van der Waals surface area contributed by atoms with Gasteiger partial charge >= 0.3 is 0 Å². The van der Waals surface area contributed by atoms with Gasteiger partial charge in [0.15, 0.2) is 0 Å². The van der Waals surface area contributed by atoms with E-state index in [0.29, 0.717) is 22.5 Å². The average molecular weight is 262 g/mol. The molecule has 0 spiro atoms. The second-order valence-electron chi connectivity index (χ2n) is 4.14. The lowest BCUT2D eigenvalue weighted by molar-refractivity contribution is 0.0474. The van der Waals surface area contributed by atoms with Gasteiger partial charge in [-0.15, -0.1) is 0 Å². The lowest BCUT2D eigenvalue weighted by Crippen LogP contribution is -2.47. The molecule has 1 aliphatic heterocycles. The van der Waals surface area contributed by atoms with Crippen LogP contribution < -0.4 is 0 Å². The number of aromatic hydroxyl groups is 1. The van der Waals surface area contributed by atoms with Gasteiger partial charge in [0.2, 0.25) is 0 Å². The van der Waals surface area contributed by atoms with Crippen molar-refractivity contribution in [3.8, 4) is 5.75 Å². The number of phenolic OH excluding ortho intramolecular Hbond substituents is 1. The number of phenols is 1. The summed E-state index contributed by atoms with van der Waals surface area (Å²) in [5.74, 6) is 0.534. The van der Waals surface area contributed by atoms with Crippen LogP contribution in [0.25, 0.3) is 0 Å². The first kappa shape index (κ1) is 12.0. The molecule has 1 saturated heterocycles. The van der Waals surface area contributed by atoms with E-state index in [1.54, 1.807) is 6.07 Å². The van der Waals surface area contributed by atoms with Crippen LogP contribution in [0.2, 0.25) is 10.0 Å². The van der Waals surface area contributed by atoms with Crippen LogP contribution in [0.4, 0.5) is 0 Å². The molecule has 1 fully saturated rings. The Morgan fingerprint density at radius 1 is 1.25 bits per heavy atom. The standard InChI is InChI=1S/C11H13Cl2NO2/c12-9-1-8(11(16)2-10(9)13)5-14-3-7(4-14)6-15/h1-2,7,15-16H,3-6H2. The third-order valence-corrected chi connectivity index (χ3v) is 3.53. The van der Waals surface area contributed by atoms with E-state index in [2.05, 4.69) is 4.90 Å². The van der Waals surface area contributed by atoms with Crippen LogP contribution in [-0.4, -0.2) is 34.8 Å². The number of rotatable bonds is 3. The number of halogens is 2. The molecule has 0 radical (unpaired) electrons. The second kappa shape index (κ2) is 4.80. The lowest BCUT2D eigenvalue weighted by Gasteiger charge is -2.38. The van der Waals surface area contributed by atoms with Crippen molar-refractivity contribution in [1.82, 2.24) is 4.90 Å². The molecule has 2 N–H and O–H groups in total. The first-order chi connectivity index (χ1) is 7.60. The molecule has 16 heavy (non-hydrogen) atoms. The Kier molecular flexibility index (Phi) is 3.60. The summed E-state index contributed by atoms with van der Waals surface area (Å²) in [6, 6.07) is 3.15. The molecular weight excluding hydrogens is 249 g/mol. The smallest absolute Gasteiger partial charge is 0.121 e. The number of nitrogens with zero attached hydrogens (tertiary/aromatic N) is 1. The molecule has 0 aliphatic carbocycles. The van der Waals surface area contributed by atoms with Crippen LogP contribution in [0.1, 0.15) is 5.56 Å². The van der Waals surface area contributed by atoms with Crippen LogP contribution in [0.3, 0.4) is 0 Å². The molecule has 1 aromatic rings. The molecule has 0 amide bonds. The third-order valence-electron chi connectivity index (χ3n) is 2.81. The quantitative estimate of drug-likeness (QED) is 0.876. The normalized spacial score (nSPS) is 17.4. The number of hydrogen-bond acceptors (Lipinski definition) is 3. The zero-order chi connectivity index (χ0) is 11.7. The molecule has 0 saturated carbocycles. The fourth-order valence-corrected chi connectivity index (χ4v) is 2.21. The number of aliphatic hydroxyl groups excluding tert-OH is 1. The van der Waals surface area contributed by atoms with Crippen molar-refractivity contribution < 1.29 is 10.2 Å². The maximum absolute atomic E-state index is 9.69. The van der Waals surface area contributed by atoms with Gasteiger partial charge in [0.1, 0.15) is 5.75 Å². The highest BCUT2D eigenvalue weighted by atomic mass is 35.5. The maximum Gasteiger partial charge on any atom is 0.121 e. The largest absolute Gasteiger partial charge is 0.508 e. The van der Waals surface area contributed by atoms with E-state index in [1.807, 2.05) is 0 Å². The van der Waals surface area contributed by atoms with Gasteiger partial charge < -0.3 is 10.2 Å². The summed E-state index contributed by atoms with van der Waals surface area (Å²) >= 11 is 11.7. The van der Waals surface area contributed by atoms with Crippen LogP contribution in [0.5, 0.6) is 5.75 Å². The predicted molar refractivity (Wildman–Crippen MR) is 64.0 cm³/mol. The van der Waals surface area contributed by atoms with Gasteiger partial charge in [-0.05, 0) is 6.07 Å². The summed E-state index contributed by atoms with van der Waals surface area (Å²) in [5.41, 5.74) is 0.769. The van der Waals surface area contributed by atoms with Crippen molar-refractivity contribution >= 4 is 23.2 Å². The summed E-state index contributed by atoms with van der Waals surface area (Å²) in [7, 11) is 0. The number of aliphatic hydroxyl groups is 1. The molecule has 3 nitrogen and oxygen atoms in total. The summed E-state index contributed by atoms with van der Waals surface area (Å²) in [5, 5.41) is 19.4. The highest BCUT2D eigenvalue weighted by Crippen LogP contribution is 2.31. The number of likely N-dealkylation sites (tertiary alicyclic amines) is 1. The van der Waals surface area contributed by atoms with E-state index in [4.69, 9.17) is 28.3 Å². The Bertz CT molecular complexity index is 392. The van der Waals surface area contributed by atoms with Gasteiger partial charge in [0.25, 0.3) is 0 Å². The molecule has 0 aromatic heterocycles. The van der Waals surface area contributed by atoms with E-state index in [1.165, 1.54) is 6.07 Å². The van der Waals surface area contributed by atoms with Crippen molar-refractivity contribution in [1.29, 1.82) is 0 Å². The molecule has 5 heteroatoms. The van der Waals surface area contributed by atoms with E-state index in [0.717, 1.165) is 18.7 Å². The Balaban J connectivity index is 2.02. The third kappa shape index (κ3) is 2.43. The van der Waals surface area contributed by atoms with E-state index < -0.39 is 0 Å². The Hall–Kier alpha value is -0.480. The monoisotopic (exact) mass is 261 g/mol. The fraction of sp³-hybridized carbons (Fsp3) is 0.455. The van der Waals surface area contributed by atoms with Crippen LogP contribution in [0, 0.1) is 5.92 Å². The van der Waals surface area contributed by atoms with Crippen molar-refractivity contribution in [2.45, 2.75) is 6.54 Å². The van der Waals surface area contributed by atoms with E-state index in [9.17, 15) is 5.11 Å². The summed E-state index contributed by atoms with van der Waals surface area (Å²) in [6.45, 7) is 2.58. The molecule has 1 aliphatic rings. The number of benzene rings is 1. The number of hydrogen-bond donors (Lipinski definition) is 2. The molecule has 0 bridgehead atoms. The Morgan fingerprint density at radius 2 is 1.88 bits per heavy atom. The van der Waals surface area contributed by atoms with Crippen molar-refractivity contribution in [2.24, 2.45) is 5.92 Å². The summed E-state index contributed by atoms with van der Waals surface area (Å²) < 4.78 is 0. The van der Waals surface area contributed by atoms with Crippen LogP contribution in [0.15, 0.2) is 12.1 Å². The zero-order valence-corrected chi connectivity index (χ0v) is 10.2. The van der Waals surface area contributed by atoms with E-state index in [-0.39, 0.29) is 12.4 Å². The fourth-order valence-electron chi connectivity index (χ4n) is 1.87. The summed E-state index contributed by atoms with van der Waals surface area (Å²) in [4.78, 5) is 2.14. The molecular formula is C11H13Cl2NO2. The summed E-state index contributed by atoms with van der Waals surface area (Å²) in [6.07, 6.45) is 0. The second-order valence-corrected chi connectivity index (χ2v) is 4.95. The molecule has 88 valence electrons. The molecule has 1 aromatic carbocycles. The van der Waals surface area contributed by atoms with Crippen molar-refractivity contribution in [3.05, 3.63) is 27.7 Å². The molecule has 0 atom stereocenters. The van der Waals surface area contributed by atoms with Gasteiger partial charge in [0, 0.05) is 43.8 Å². The predicted octanol–water partition coefficient (Wildman–Crippen LogP) is 2.12. The SMILES string of the molecule is OCC1CN(Cc2cc(Cl)c(Cl)cc2O)C1. The maximum atomic E-state index is 9.69. The minimum atomic E-state index is 0.168. The topological polar surface area (TPSA) is 43.7 Å². The molecule has 0 unspecified atom stereocenters. The average Bonchev–Trinajstić information content (AvgIpc) is 2.18. The highest BCUT2D eigenvalue weighted by Gasteiger charge is 2.26. The first-order valence-electron chi connectivity index (χ1n) is 5.10. The van der Waals surface area contributed by atoms with Crippen molar-refractivity contribution in [3.63, 3.8) is 0 Å². The van der Waals surface area contributed by atoms with Gasteiger partial charge in [-0.2, -0.15) is 0 Å². The van der Waals surface area contributed by atoms with Gasteiger partial charge in [-0.25, -0.2) is 0 Å². The van der Waals surface area contributed by atoms with Crippen LogP contribution >= 0.6 is 23.2 Å². The van der Waals surface area contributed by atoms with Gasteiger partial charge in [-0.3, -0.25) is 4.90 Å². The van der Waals surface area contributed by atoms with Crippen LogP contribution in [-0.2, 0) is 6.54 Å². The first-order valence-corrected chi connectivity index (χ1v) is 5.86. The minimum Gasteiger partial charge on any atom is -0.508 e. The van der Waals surface area contributed by atoms with Gasteiger partial charge in [-0.1, -0.05) is 23.2 Å². The van der Waals surface area contributed by atoms with Gasteiger partial charge in [0.05, 0.1) is 10.0 Å². The Morgan fingerprint density at radius 3 is 2.50 bits per heavy atom. The lowest BCUT2D eigenvalue weighted by atomic mass is 10.0. The van der Waals surface area contributed by atoms with Crippen molar-refractivity contribution in [2.75, 3.05) is 19.7 Å². The zero-order valence-electron chi connectivity index (χ0n) is 8.66. The van der Waals surface area contributed by atoms with E-state index >= 15 is 0 Å².